The van der Waals surface area contributed by atoms with Crippen molar-refractivity contribution in [1.82, 2.24) is 19.7 Å². The zero-order valence-corrected chi connectivity index (χ0v) is 17.6. The predicted molar refractivity (Wildman–Crippen MR) is 115 cm³/mol. The summed E-state index contributed by atoms with van der Waals surface area (Å²) in [5, 5.41) is 9.44. The Morgan fingerprint density at radius 1 is 1.07 bits per heavy atom. The topological polar surface area (TPSA) is 69.5 Å². The van der Waals surface area contributed by atoms with E-state index >= 15 is 0 Å². The number of morpholine rings is 1. The zero-order chi connectivity index (χ0) is 20.8. The van der Waals surface area contributed by atoms with Crippen LogP contribution in [0.2, 0.25) is 0 Å². The molecule has 0 radical (unpaired) electrons. The Morgan fingerprint density at radius 3 is 2.43 bits per heavy atom. The fourth-order valence-corrected chi connectivity index (χ4v) is 4.11. The Labute approximate surface area is 180 Å². The molecule has 1 fully saturated rings. The Bertz CT molecular complexity index is 959. The smallest absolute Gasteiger partial charge is 0.233 e. The molecule has 1 aliphatic heterocycles. The van der Waals surface area contributed by atoms with Gasteiger partial charge in [0, 0.05) is 18.8 Å². The van der Waals surface area contributed by atoms with Crippen molar-refractivity contribution in [3.05, 3.63) is 66.5 Å². The number of rotatable bonds is 7. The monoisotopic (exact) mass is 424 g/mol. The summed E-state index contributed by atoms with van der Waals surface area (Å²) in [5.74, 6) is 1.84. The van der Waals surface area contributed by atoms with Crippen molar-refractivity contribution in [3.63, 3.8) is 0 Å². The second-order valence-corrected chi connectivity index (χ2v) is 7.81. The molecule has 1 amide bonds. The van der Waals surface area contributed by atoms with Gasteiger partial charge in [0.15, 0.2) is 17.1 Å². The maximum atomic E-state index is 12.6. The van der Waals surface area contributed by atoms with Crippen LogP contribution in [0.25, 0.3) is 5.69 Å². The molecule has 0 saturated carbocycles. The Hall–Kier alpha value is -2.84. The van der Waals surface area contributed by atoms with Crippen molar-refractivity contribution >= 4 is 17.7 Å². The maximum Gasteiger partial charge on any atom is 0.233 e. The number of ether oxygens (including phenoxy) is 2. The van der Waals surface area contributed by atoms with E-state index in [1.54, 1.807) is 0 Å². The molecule has 4 rings (SSSR count). The van der Waals surface area contributed by atoms with E-state index in [4.69, 9.17) is 9.47 Å². The fourth-order valence-electron chi connectivity index (χ4n) is 3.24. The van der Waals surface area contributed by atoms with Crippen molar-refractivity contribution < 1.29 is 14.3 Å². The SMILES string of the molecule is C[C@H](Oc1ccccc1)c1nnc(SCC(=O)N2CCOCC2)n1-c1ccccc1. The summed E-state index contributed by atoms with van der Waals surface area (Å²) in [6, 6.07) is 19.5. The zero-order valence-electron chi connectivity index (χ0n) is 16.8. The molecule has 1 saturated heterocycles. The van der Waals surface area contributed by atoms with E-state index in [1.807, 2.05) is 77.1 Å². The van der Waals surface area contributed by atoms with E-state index in [1.165, 1.54) is 11.8 Å². The van der Waals surface area contributed by atoms with Crippen LogP contribution in [0.5, 0.6) is 5.75 Å². The molecular weight excluding hydrogens is 400 g/mol. The van der Waals surface area contributed by atoms with Crippen LogP contribution in [0.15, 0.2) is 65.8 Å². The summed E-state index contributed by atoms with van der Waals surface area (Å²) in [6.45, 7) is 4.41. The number of nitrogens with zero attached hydrogens (tertiary/aromatic N) is 4. The second-order valence-electron chi connectivity index (χ2n) is 6.87. The number of para-hydroxylation sites is 2. The van der Waals surface area contributed by atoms with Gasteiger partial charge in [0.2, 0.25) is 5.91 Å². The van der Waals surface area contributed by atoms with Crippen LogP contribution in [0.4, 0.5) is 0 Å². The largest absolute Gasteiger partial charge is 0.483 e. The molecule has 1 aliphatic rings. The van der Waals surface area contributed by atoms with E-state index < -0.39 is 0 Å². The van der Waals surface area contributed by atoms with Crippen molar-refractivity contribution in [3.8, 4) is 11.4 Å². The minimum Gasteiger partial charge on any atom is -0.483 e. The molecule has 156 valence electrons. The maximum absolute atomic E-state index is 12.6. The van der Waals surface area contributed by atoms with Gasteiger partial charge in [-0.05, 0) is 31.2 Å². The van der Waals surface area contributed by atoms with Crippen LogP contribution in [0.3, 0.4) is 0 Å². The van der Waals surface area contributed by atoms with E-state index in [2.05, 4.69) is 10.2 Å². The lowest BCUT2D eigenvalue weighted by molar-refractivity contribution is -0.132. The van der Waals surface area contributed by atoms with Crippen LogP contribution in [0.1, 0.15) is 18.9 Å². The third-order valence-electron chi connectivity index (χ3n) is 4.78. The molecule has 1 aromatic heterocycles. The fraction of sp³-hybridized carbons (Fsp3) is 0.318. The predicted octanol–water partition coefficient (Wildman–Crippen LogP) is 3.36. The lowest BCUT2D eigenvalue weighted by Crippen LogP contribution is -2.41. The molecule has 0 unspecified atom stereocenters. The first-order valence-electron chi connectivity index (χ1n) is 9.93. The van der Waals surface area contributed by atoms with Crippen LogP contribution >= 0.6 is 11.8 Å². The van der Waals surface area contributed by atoms with Gasteiger partial charge < -0.3 is 14.4 Å². The van der Waals surface area contributed by atoms with Crippen LogP contribution in [0, 0.1) is 0 Å². The first-order chi connectivity index (χ1) is 14.7. The summed E-state index contributed by atoms with van der Waals surface area (Å²) < 4.78 is 13.4. The summed E-state index contributed by atoms with van der Waals surface area (Å²) in [6.07, 6.45) is -0.315. The molecule has 1 atom stereocenters. The number of aromatic nitrogens is 3. The Kier molecular flexibility index (Phi) is 6.66. The van der Waals surface area contributed by atoms with Gasteiger partial charge in [0.1, 0.15) is 5.75 Å². The van der Waals surface area contributed by atoms with Gasteiger partial charge in [-0.1, -0.05) is 48.2 Å². The van der Waals surface area contributed by atoms with E-state index in [9.17, 15) is 4.79 Å². The Morgan fingerprint density at radius 2 is 1.73 bits per heavy atom. The quantitative estimate of drug-likeness (QED) is 0.542. The van der Waals surface area contributed by atoms with Gasteiger partial charge in [0.25, 0.3) is 0 Å². The molecule has 2 heterocycles. The molecule has 2 aromatic carbocycles. The number of carbonyl (C=O) groups is 1. The third-order valence-corrected chi connectivity index (χ3v) is 5.69. The molecule has 7 nitrogen and oxygen atoms in total. The molecule has 8 heteroatoms. The van der Waals surface area contributed by atoms with Crippen molar-refractivity contribution in [1.29, 1.82) is 0 Å². The lowest BCUT2D eigenvalue weighted by atomic mass is 10.3. The van der Waals surface area contributed by atoms with Crippen LogP contribution in [-0.2, 0) is 9.53 Å². The molecule has 3 aromatic rings. The highest BCUT2D eigenvalue weighted by Crippen LogP contribution is 2.28. The highest BCUT2D eigenvalue weighted by Gasteiger charge is 2.23. The minimum absolute atomic E-state index is 0.0843. The van der Waals surface area contributed by atoms with Crippen molar-refractivity contribution in [2.24, 2.45) is 0 Å². The second kappa shape index (κ2) is 9.77. The number of hydrogen-bond donors (Lipinski definition) is 0. The van der Waals surface area contributed by atoms with Gasteiger partial charge in [0.05, 0.1) is 19.0 Å². The van der Waals surface area contributed by atoms with Gasteiger partial charge in [-0.15, -0.1) is 10.2 Å². The minimum atomic E-state index is -0.315. The highest BCUT2D eigenvalue weighted by molar-refractivity contribution is 7.99. The number of amides is 1. The number of hydrogen-bond acceptors (Lipinski definition) is 6. The first-order valence-corrected chi connectivity index (χ1v) is 10.9. The summed E-state index contributed by atoms with van der Waals surface area (Å²) in [7, 11) is 0. The van der Waals surface area contributed by atoms with Crippen molar-refractivity contribution in [2.75, 3.05) is 32.1 Å². The first kappa shape index (κ1) is 20.4. The molecular formula is C22H24N4O3S. The third kappa shape index (κ3) is 4.83. The van der Waals surface area contributed by atoms with Gasteiger partial charge in [-0.3, -0.25) is 9.36 Å². The highest BCUT2D eigenvalue weighted by atomic mass is 32.2. The average molecular weight is 425 g/mol. The molecule has 0 aliphatic carbocycles. The summed E-state index contributed by atoms with van der Waals surface area (Å²) in [5.41, 5.74) is 0.933. The molecule has 30 heavy (non-hydrogen) atoms. The molecule has 0 spiro atoms. The van der Waals surface area contributed by atoms with E-state index in [0.717, 1.165) is 11.4 Å². The molecule has 0 N–H and O–H groups in total. The standard InChI is InChI=1S/C22H24N4O3S/c1-17(29-19-10-6-3-7-11-19)21-23-24-22(26(21)18-8-4-2-5-9-18)30-16-20(27)25-12-14-28-15-13-25/h2-11,17H,12-16H2,1H3/t17-/m0/s1. The van der Waals surface area contributed by atoms with Gasteiger partial charge >= 0.3 is 0 Å². The van der Waals surface area contributed by atoms with E-state index in [0.29, 0.717) is 43.0 Å². The number of benzene rings is 2. The summed E-state index contributed by atoms with van der Waals surface area (Å²) >= 11 is 1.39. The van der Waals surface area contributed by atoms with Crippen LogP contribution in [-0.4, -0.2) is 57.6 Å². The number of thioether (sulfide) groups is 1. The van der Waals surface area contributed by atoms with Crippen molar-refractivity contribution in [2.45, 2.75) is 18.2 Å². The molecule has 0 bridgehead atoms. The lowest BCUT2D eigenvalue weighted by Gasteiger charge is -2.26. The van der Waals surface area contributed by atoms with Crippen LogP contribution < -0.4 is 4.74 Å². The van der Waals surface area contributed by atoms with E-state index in [-0.39, 0.29) is 12.0 Å². The Balaban J connectivity index is 1.55. The number of carbonyl (C=O) groups excluding carboxylic acids is 1. The summed E-state index contributed by atoms with van der Waals surface area (Å²) in [4.78, 5) is 14.4. The van der Waals surface area contributed by atoms with Gasteiger partial charge in [-0.25, -0.2) is 0 Å². The average Bonchev–Trinajstić information content (AvgIpc) is 3.23. The normalized spacial score (nSPS) is 15.0. The van der Waals surface area contributed by atoms with Gasteiger partial charge in [-0.2, -0.15) is 0 Å².